The van der Waals surface area contributed by atoms with Crippen molar-refractivity contribution in [2.24, 2.45) is 11.1 Å². The zero-order chi connectivity index (χ0) is 13.0. The average Bonchev–Trinajstić information content (AvgIpc) is 2.47. The normalized spacial score (nSPS) is 23.5. The van der Waals surface area contributed by atoms with Gasteiger partial charge in [-0.05, 0) is 25.7 Å². The first-order valence-electron chi connectivity index (χ1n) is 7.25. The van der Waals surface area contributed by atoms with Crippen LogP contribution in [-0.2, 0) is 9.53 Å². The summed E-state index contributed by atoms with van der Waals surface area (Å²) in [4.78, 5) is 14.7. The van der Waals surface area contributed by atoms with Crippen LogP contribution in [0.4, 0.5) is 0 Å². The van der Waals surface area contributed by atoms with Crippen molar-refractivity contribution in [3.63, 3.8) is 0 Å². The Morgan fingerprint density at radius 1 is 1.26 bits per heavy atom. The van der Waals surface area contributed by atoms with Crippen LogP contribution in [0.2, 0.25) is 0 Å². The molecule has 4 nitrogen and oxygen atoms in total. The third kappa shape index (κ3) is 3.61. The van der Waals surface area contributed by atoms with Gasteiger partial charge in [0, 0.05) is 32.8 Å². The molecular formula is C14H27ClN2O2. The molecule has 0 aromatic rings. The molecule has 2 N–H and O–H groups in total. The van der Waals surface area contributed by atoms with Crippen LogP contribution in [0.3, 0.4) is 0 Å². The number of nitrogens with zero attached hydrogens (tertiary/aromatic N) is 1. The monoisotopic (exact) mass is 290 g/mol. The molecule has 2 rings (SSSR count). The number of hydrogen-bond donors (Lipinski definition) is 1. The molecule has 0 radical (unpaired) electrons. The second kappa shape index (κ2) is 7.46. The third-order valence-electron chi connectivity index (χ3n) is 4.74. The molecule has 0 atom stereocenters. The minimum atomic E-state index is -0.357. The summed E-state index contributed by atoms with van der Waals surface area (Å²) in [5, 5.41) is 0. The minimum absolute atomic E-state index is 0. The molecule has 0 unspecified atom stereocenters. The quantitative estimate of drug-likeness (QED) is 0.864. The highest BCUT2D eigenvalue weighted by molar-refractivity contribution is 5.85. The number of hydrogen-bond acceptors (Lipinski definition) is 3. The highest BCUT2D eigenvalue weighted by atomic mass is 35.5. The lowest BCUT2D eigenvalue weighted by Crippen LogP contribution is -2.52. The lowest BCUT2D eigenvalue weighted by atomic mass is 9.78. The maximum Gasteiger partial charge on any atom is 0.230 e. The number of carbonyl (C=O) groups is 1. The van der Waals surface area contributed by atoms with Gasteiger partial charge in [0.25, 0.3) is 0 Å². The first-order chi connectivity index (χ1) is 8.69. The zero-order valence-electron chi connectivity index (χ0n) is 11.9. The highest BCUT2D eigenvalue weighted by Crippen LogP contribution is 2.33. The summed E-state index contributed by atoms with van der Waals surface area (Å²) in [5.74, 6) is 0.250. The Balaban J connectivity index is 0.00000180. The van der Waals surface area contributed by atoms with Gasteiger partial charge in [-0.3, -0.25) is 4.79 Å². The molecule has 1 saturated carbocycles. The second-order valence-corrected chi connectivity index (χ2v) is 5.80. The maximum atomic E-state index is 12.7. The summed E-state index contributed by atoms with van der Waals surface area (Å²) in [6, 6.07) is 0.428. The molecule has 0 bridgehead atoms. The number of rotatable bonds is 3. The summed E-state index contributed by atoms with van der Waals surface area (Å²) in [6.45, 7) is 1.79. The van der Waals surface area contributed by atoms with E-state index in [9.17, 15) is 4.79 Å². The van der Waals surface area contributed by atoms with Crippen LogP contribution >= 0.6 is 12.4 Å². The SMILES string of the molecule is CN(C(=O)C1(CN)CCOCC1)C1CCCCC1.Cl. The molecule has 112 valence electrons. The van der Waals surface area contributed by atoms with Crippen LogP contribution in [0, 0.1) is 5.41 Å². The predicted octanol–water partition coefficient (Wildman–Crippen LogP) is 1.95. The lowest BCUT2D eigenvalue weighted by Gasteiger charge is -2.41. The Labute approximate surface area is 122 Å². The summed E-state index contributed by atoms with van der Waals surface area (Å²) in [5.41, 5.74) is 5.55. The molecule has 2 fully saturated rings. The smallest absolute Gasteiger partial charge is 0.230 e. The van der Waals surface area contributed by atoms with Gasteiger partial charge >= 0.3 is 0 Å². The zero-order valence-corrected chi connectivity index (χ0v) is 12.7. The fourth-order valence-electron chi connectivity index (χ4n) is 3.28. The topological polar surface area (TPSA) is 55.6 Å². The summed E-state index contributed by atoms with van der Waals surface area (Å²) in [6.07, 6.45) is 7.67. The van der Waals surface area contributed by atoms with Gasteiger partial charge < -0.3 is 15.4 Å². The number of halogens is 1. The number of carbonyl (C=O) groups excluding carboxylic acids is 1. The Morgan fingerprint density at radius 3 is 2.37 bits per heavy atom. The Kier molecular flexibility index (Phi) is 6.57. The Hall–Kier alpha value is -0.320. The molecule has 1 saturated heterocycles. The lowest BCUT2D eigenvalue weighted by molar-refractivity contribution is -0.148. The van der Waals surface area contributed by atoms with Gasteiger partial charge in [-0.25, -0.2) is 0 Å². The van der Waals surface area contributed by atoms with E-state index in [1.807, 2.05) is 11.9 Å². The van der Waals surface area contributed by atoms with Crippen molar-refractivity contribution in [3.8, 4) is 0 Å². The van der Waals surface area contributed by atoms with Crippen LogP contribution in [0.5, 0.6) is 0 Å². The van der Waals surface area contributed by atoms with Crippen LogP contribution in [0.15, 0.2) is 0 Å². The molecule has 1 aliphatic carbocycles. The van der Waals surface area contributed by atoms with E-state index >= 15 is 0 Å². The molecule has 19 heavy (non-hydrogen) atoms. The van der Waals surface area contributed by atoms with Gasteiger partial charge in [0.15, 0.2) is 0 Å². The van der Waals surface area contributed by atoms with Gasteiger partial charge in [0.1, 0.15) is 0 Å². The van der Waals surface area contributed by atoms with Gasteiger partial charge in [-0.2, -0.15) is 0 Å². The highest BCUT2D eigenvalue weighted by Gasteiger charge is 2.42. The standard InChI is InChI=1S/C14H26N2O2.ClH/c1-16(12-5-3-2-4-6-12)13(17)14(11-15)7-9-18-10-8-14;/h12H,2-11,15H2,1H3;1H. The van der Waals surface area contributed by atoms with E-state index in [0.29, 0.717) is 25.8 Å². The molecule has 1 aliphatic heterocycles. The van der Waals surface area contributed by atoms with Crippen LogP contribution < -0.4 is 5.73 Å². The van der Waals surface area contributed by atoms with Crippen molar-refractivity contribution < 1.29 is 9.53 Å². The number of ether oxygens (including phenoxy) is 1. The molecule has 2 aliphatic rings. The van der Waals surface area contributed by atoms with E-state index in [0.717, 1.165) is 25.7 Å². The van der Waals surface area contributed by atoms with Crippen molar-refractivity contribution in [2.45, 2.75) is 51.0 Å². The molecule has 0 aromatic heterocycles. The number of nitrogens with two attached hydrogens (primary N) is 1. The van der Waals surface area contributed by atoms with Gasteiger partial charge in [0.2, 0.25) is 5.91 Å². The first kappa shape index (κ1) is 16.7. The van der Waals surface area contributed by atoms with E-state index in [4.69, 9.17) is 10.5 Å². The van der Waals surface area contributed by atoms with E-state index in [2.05, 4.69) is 0 Å². The Morgan fingerprint density at radius 2 is 1.84 bits per heavy atom. The molecule has 0 spiro atoms. The van der Waals surface area contributed by atoms with Gasteiger partial charge in [-0.15, -0.1) is 12.4 Å². The van der Waals surface area contributed by atoms with Crippen molar-refractivity contribution in [2.75, 3.05) is 26.8 Å². The molecule has 1 amide bonds. The van der Waals surface area contributed by atoms with Crippen LogP contribution in [-0.4, -0.2) is 43.7 Å². The molecule has 1 heterocycles. The molecule has 0 aromatic carbocycles. The summed E-state index contributed by atoms with van der Waals surface area (Å²) < 4.78 is 5.38. The molecular weight excluding hydrogens is 264 g/mol. The van der Waals surface area contributed by atoms with Gasteiger partial charge in [-0.1, -0.05) is 19.3 Å². The summed E-state index contributed by atoms with van der Waals surface area (Å²) in [7, 11) is 1.96. The maximum absolute atomic E-state index is 12.7. The van der Waals surface area contributed by atoms with Crippen molar-refractivity contribution in [3.05, 3.63) is 0 Å². The van der Waals surface area contributed by atoms with Crippen molar-refractivity contribution in [1.82, 2.24) is 4.90 Å². The van der Waals surface area contributed by atoms with E-state index in [1.54, 1.807) is 0 Å². The Bertz CT molecular complexity index is 287. The fraction of sp³-hybridized carbons (Fsp3) is 0.929. The predicted molar refractivity (Wildman–Crippen MR) is 78.4 cm³/mol. The van der Waals surface area contributed by atoms with E-state index < -0.39 is 0 Å². The third-order valence-corrected chi connectivity index (χ3v) is 4.74. The largest absolute Gasteiger partial charge is 0.381 e. The van der Waals surface area contributed by atoms with E-state index in [-0.39, 0.29) is 23.7 Å². The first-order valence-corrected chi connectivity index (χ1v) is 7.25. The van der Waals surface area contributed by atoms with Gasteiger partial charge in [0.05, 0.1) is 5.41 Å². The van der Waals surface area contributed by atoms with Crippen molar-refractivity contribution >= 4 is 18.3 Å². The second-order valence-electron chi connectivity index (χ2n) is 5.80. The average molecular weight is 291 g/mol. The van der Waals surface area contributed by atoms with Crippen molar-refractivity contribution in [1.29, 1.82) is 0 Å². The van der Waals surface area contributed by atoms with E-state index in [1.165, 1.54) is 19.3 Å². The summed E-state index contributed by atoms with van der Waals surface area (Å²) >= 11 is 0. The number of amides is 1. The van der Waals surface area contributed by atoms with Crippen LogP contribution in [0.25, 0.3) is 0 Å². The minimum Gasteiger partial charge on any atom is -0.381 e. The fourth-order valence-corrected chi connectivity index (χ4v) is 3.28. The van der Waals surface area contributed by atoms with Crippen LogP contribution in [0.1, 0.15) is 44.9 Å². The molecule has 5 heteroatoms.